The van der Waals surface area contributed by atoms with Crippen LogP contribution in [0.2, 0.25) is 0 Å². The van der Waals surface area contributed by atoms with Crippen LogP contribution in [0.3, 0.4) is 0 Å². The van der Waals surface area contributed by atoms with Crippen molar-refractivity contribution >= 4 is 34.4 Å². The molecule has 3 aromatic rings. The van der Waals surface area contributed by atoms with Crippen molar-refractivity contribution in [3.05, 3.63) is 64.8 Å². The van der Waals surface area contributed by atoms with Crippen LogP contribution >= 0.6 is 23.6 Å². The summed E-state index contributed by atoms with van der Waals surface area (Å²) < 4.78 is 42.6. The lowest BCUT2D eigenvalue weighted by Gasteiger charge is -2.08. The first kappa shape index (κ1) is 18.5. The second-order valence-corrected chi connectivity index (χ2v) is 7.05. The van der Waals surface area contributed by atoms with Crippen molar-refractivity contribution in [3.8, 4) is 21.6 Å². The Morgan fingerprint density at radius 1 is 0.962 bits per heavy atom. The minimum absolute atomic E-state index is 0.102. The van der Waals surface area contributed by atoms with Gasteiger partial charge in [0.1, 0.15) is 11.5 Å². The van der Waals surface area contributed by atoms with Gasteiger partial charge < -0.3 is 0 Å². The number of hydrogen-bond donors (Lipinski definition) is 0. The van der Waals surface area contributed by atoms with Gasteiger partial charge >= 0.3 is 0 Å². The molecule has 0 aliphatic heterocycles. The number of nitrogens with zero attached hydrogens (tertiary/aromatic N) is 1. The van der Waals surface area contributed by atoms with E-state index in [0.29, 0.717) is 0 Å². The second-order valence-electron chi connectivity index (χ2n) is 5.70. The molecule has 0 aliphatic rings. The van der Waals surface area contributed by atoms with E-state index in [1.165, 1.54) is 17.0 Å². The van der Waals surface area contributed by atoms with Crippen molar-refractivity contribution in [2.45, 2.75) is 19.8 Å². The van der Waals surface area contributed by atoms with Gasteiger partial charge in [-0.2, -0.15) is 4.99 Å². The molecule has 6 heteroatoms. The normalized spacial score (nSPS) is 10.6. The Labute approximate surface area is 158 Å². The van der Waals surface area contributed by atoms with E-state index in [-0.39, 0.29) is 11.1 Å². The maximum atomic E-state index is 14.6. The van der Waals surface area contributed by atoms with Gasteiger partial charge in [0.2, 0.25) is 0 Å². The van der Waals surface area contributed by atoms with Crippen molar-refractivity contribution in [1.29, 1.82) is 0 Å². The van der Waals surface area contributed by atoms with Crippen LogP contribution in [0, 0.1) is 17.5 Å². The molecular formula is C20H14F3NS2. The van der Waals surface area contributed by atoms with Crippen LogP contribution in [0.1, 0.15) is 18.2 Å². The van der Waals surface area contributed by atoms with E-state index in [9.17, 15) is 13.2 Å². The third-order valence-corrected chi connectivity index (χ3v) is 5.18. The summed E-state index contributed by atoms with van der Waals surface area (Å²) in [6.07, 6.45) is 2.04. The van der Waals surface area contributed by atoms with Crippen LogP contribution in [0.5, 0.6) is 0 Å². The Morgan fingerprint density at radius 3 is 2.27 bits per heavy atom. The fourth-order valence-electron chi connectivity index (χ4n) is 2.69. The highest BCUT2D eigenvalue weighted by molar-refractivity contribution is 7.78. The van der Waals surface area contributed by atoms with Gasteiger partial charge in [0.15, 0.2) is 11.6 Å². The molecule has 2 aromatic carbocycles. The Balaban J connectivity index is 1.98. The predicted molar refractivity (Wildman–Crippen MR) is 104 cm³/mol. The monoisotopic (exact) mass is 389 g/mol. The zero-order valence-corrected chi connectivity index (χ0v) is 15.5. The fourth-order valence-corrected chi connectivity index (χ4v) is 3.89. The number of benzene rings is 2. The first-order chi connectivity index (χ1) is 12.5. The van der Waals surface area contributed by atoms with E-state index < -0.39 is 23.1 Å². The highest BCUT2D eigenvalue weighted by atomic mass is 32.1. The first-order valence-corrected chi connectivity index (χ1v) is 9.22. The number of thiocarbonyl (C=S) groups is 1. The molecule has 3 rings (SSSR count). The number of isothiocyanates is 1. The maximum Gasteiger partial charge on any atom is 0.153 e. The molecule has 0 spiro atoms. The molecule has 0 unspecified atom stereocenters. The van der Waals surface area contributed by atoms with Crippen molar-refractivity contribution in [1.82, 2.24) is 0 Å². The molecule has 0 saturated heterocycles. The standard InChI is InChI=1S/C20H14F3NS2/c1-2-3-14-5-7-19(26-14)12-4-6-15(16(21)8-12)13-9-17(22)20(24-11-25)18(23)10-13/h4-10H,2-3H2,1H3. The Morgan fingerprint density at radius 2 is 1.65 bits per heavy atom. The largest absolute Gasteiger partial charge is 0.206 e. The summed E-state index contributed by atoms with van der Waals surface area (Å²) >= 11 is 5.99. The lowest BCUT2D eigenvalue weighted by Crippen LogP contribution is -1.90. The van der Waals surface area contributed by atoms with Crippen LogP contribution in [-0.4, -0.2) is 5.16 Å². The van der Waals surface area contributed by atoms with E-state index in [1.54, 1.807) is 17.4 Å². The molecule has 26 heavy (non-hydrogen) atoms. The van der Waals surface area contributed by atoms with Gasteiger partial charge in [-0.05, 0) is 60.1 Å². The lowest BCUT2D eigenvalue weighted by molar-refractivity contribution is 0.588. The molecule has 0 aliphatic carbocycles. The van der Waals surface area contributed by atoms with Crippen LogP contribution in [0.4, 0.5) is 18.9 Å². The van der Waals surface area contributed by atoms with E-state index in [2.05, 4.69) is 24.1 Å². The van der Waals surface area contributed by atoms with Gasteiger partial charge in [0.25, 0.3) is 0 Å². The summed E-state index contributed by atoms with van der Waals surface area (Å²) in [7, 11) is 0. The number of thiophene rings is 1. The molecule has 1 aromatic heterocycles. The molecule has 1 heterocycles. The third-order valence-electron chi connectivity index (χ3n) is 3.90. The Hall–Kier alpha value is -2.27. The highest BCUT2D eigenvalue weighted by Gasteiger charge is 2.15. The maximum absolute atomic E-state index is 14.6. The Kier molecular flexibility index (Phi) is 5.67. The molecule has 0 atom stereocenters. The first-order valence-electron chi connectivity index (χ1n) is 7.99. The summed E-state index contributed by atoms with van der Waals surface area (Å²) in [5, 5.41) is 1.93. The molecule has 0 fully saturated rings. The third kappa shape index (κ3) is 3.78. The van der Waals surface area contributed by atoms with E-state index in [4.69, 9.17) is 0 Å². The van der Waals surface area contributed by atoms with Crippen LogP contribution in [-0.2, 0) is 6.42 Å². The molecular weight excluding hydrogens is 375 g/mol. The minimum atomic E-state index is -0.914. The summed E-state index contributed by atoms with van der Waals surface area (Å²) in [4.78, 5) is 5.56. The zero-order valence-electron chi connectivity index (χ0n) is 13.9. The average Bonchev–Trinajstić information content (AvgIpc) is 3.07. The number of aliphatic imine (C=N–C) groups is 1. The second kappa shape index (κ2) is 7.96. The van der Waals surface area contributed by atoms with E-state index >= 15 is 0 Å². The van der Waals surface area contributed by atoms with Crippen molar-refractivity contribution in [2.24, 2.45) is 4.99 Å². The van der Waals surface area contributed by atoms with Gasteiger partial charge in [-0.3, -0.25) is 0 Å². The van der Waals surface area contributed by atoms with Gasteiger partial charge in [-0.15, -0.1) is 11.3 Å². The van der Waals surface area contributed by atoms with Gasteiger partial charge in [-0.25, -0.2) is 13.2 Å². The zero-order chi connectivity index (χ0) is 18.7. The van der Waals surface area contributed by atoms with Crippen molar-refractivity contribution in [3.63, 3.8) is 0 Å². The summed E-state index contributed by atoms with van der Waals surface area (Å²) in [6.45, 7) is 2.11. The smallest absolute Gasteiger partial charge is 0.153 e. The number of hydrogen-bond acceptors (Lipinski definition) is 3. The lowest BCUT2D eigenvalue weighted by atomic mass is 10.0. The molecule has 0 amide bonds. The molecule has 0 N–H and O–H groups in total. The molecule has 0 bridgehead atoms. The summed E-state index contributed by atoms with van der Waals surface area (Å²) in [5.41, 5.74) is 0.435. The SMILES string of the molecule is CCCc1ccc(-c2ccc(-c3cc(F)c(N=C=S)c(F)c3)c(F)c2)s1. The van der Waals surface area contributed by atoms with Gasteiger partial charge in [-0.1, -0.05) is 25.5 Å². The fraction of sp³-hybridized carbons (Fsp3) is 0.150. The number of halogens is 3. The van der Waals surface area contributed by atoms with E-state index in [0.717, 1.165) is 35.4 Å². The van der Waals surface area contributed by atoms with Gasteiger partial charge in [0, 0.05) is 15.3 Å². The summed E-state index contributed by atoms with van der Waals surface area (Å²) in [6, 6.07) is 10.7. The summed E-state index contributed by atoms with van der Waals surface area (Å²) in [5.74, 6) is -2.37. The average molecular weight is 389 g/mol. The topological polar surface area (TPSA) is 12.4 Å². The number of aryl methyl sites for hydroxylation is 1. The number of rotatable bonds is 5. The Bertz CT molecular complexity index is 981. The van der Waals surface area contributed by atoms with Crippen molar-refractivity contribution < 1.29 is 13.2 Å². The molecule has 132 valence electrons. The highest BCUT2D eigenvalue weighted by Crippen LogP contribution is 2.34. The molecule has 1 nitrogen and oxygen atoms in total. The van der Waals surface area contributed by atoms with Gasteiger partial charge in [0.05, 0.1) is 5.16 Å². The minimum Gasteiger partial charge on any atom is -0.206 e. The molecule has 0 saturated carbocycles. The van der Waals surface area contributed by atoms with E-state index in [1.807, 2.05) is 17.3 Å². The van der Waals surface area contributed by atoms with Crippen LogP contribution < -0.4 is 0 Å². The van der Waals surface area contributed by atoms with Crippen LogP contribution in [0.25, 0.3) is 21.6 Å². The van der Waals surface area contributed by atoms with Crippen LogP contribution in [0.15, 0.2) is 47.5 Å². The van der Waals surface area contributed by atoms with Crippen molar-refractivity contribution in [2.75, 3.05) is 0 Å². The molecule has 0 radical (unpaired) electrons. The predicted octanol–water partition coefficient (Wildman–Crippen LogP) is 7.19. The quantitative estimate of drug-likeness (QED) is 0.332.